The highest BCUT2D eigenvalue weighted by Crippen LogP contribution is 2.69. The molecule has 3 amide bonds. The molecule has 1 aromatic rings. The van der Waals surface area contributed by atoms with Gasteiger partial charge in [-0.05, 0) is 63.3 Å². The van der Waals surface area contributed by atoms with Crippen molar-refractivity contribution in [3.05, 3.63) is 49.6 Å². The standard InChI is InChI=1S/C33H47N3O5S/c1-9-16-34(21(6)7)32(40)29-33-22(8)18-26(42-33)27(28(33)31(39)36(29)25(19-37)20(4)5)30(38)35(17-10-2)23-12-14-24(15-13-23)41-11-3/h9-10,12-15,20-22,25-29,37H,1-2,11,16-19H2,3-8H3/t22?,25-,26-,27+,28-,29?,33?/m0/s1. The fourth-order valence-electron chi connectivity index (χ4n) is 7.37. The predicted octanol–water partition coefficient (Wildman–Crippen LogP) is 4.38. The quantitative estimate of drug-likeness (QED) is 0.340. The summed E-state index contributed by atoms with van der Waals surface area (Å²) < 4.78 is 4.83. The molecule has 0 aliphatic carbocycles. The SMILES string of the molecule is C=CCN(C(=O)[C@@H]1[C@@H]2CC(C)C3(S2)C(C(=O)N(CC=C)C(C)C)N([C@@H](CO)C(C)C)C(=O)[C@H]13)c1ccc(OCC)cc1. The Hall–Kier alpha value is -2.78. The van der Waals surface area contributed by atoms with Crippen LogP contribution in [0, 0.1) is 23.7 Å². The first-order chi connectivity index (χ1) is 20.0. The molecule has 3 fully saturated rings. The lowest BCUT2D eigenvalue weighted by Gasteiger charge is -2.43. The van der Waals surface area contributed by atoms with Crippen molar-refractivity contribution in [2.45, 2.75) is 76.1 Å². The van der Waals surface area contributed by atoms with E-state index in [1.54, 1.807) is 38.6 Å². The third-order valence-corrected chi connectivity index (χ3v) is 11.4. The van der Waals surface area contributed by atoms with Crippen molar-refractivity contribution < 1.29 is 24.2 Å². The van der Waals surface area contributed by atoms with Gasteiger partial charge in [0.15, 0.2) is 0 Å². The first kappa shape index (κ1) is 32.1. The molecule has 42 heavy (non-hydrogen) atoms. The Morgan fingerprint density at radius 1 is 1.14 bits per heavy atom. The van der Waals surface area contributed by atoms with Crippen LogP contribution < -0.4 is 9.64 Å². The van der Waals surface area contributed by atoms with Crippen molar-refractivity contribution in [3.8, 4) is 5.75 Å². The Labute approximate surface area is 255 Å². The number of carbonyl (C=O) groups is 3. The minimum Gasteiger partial charge on any atom is -0.494 e. The van der Waals surface area contributed by atoms with E-state index in [-0.39, 0.29) is 47.5 Å². The van der Waals surface area contributed by atoms with E-state index in [4.69, 9.17) is 4.74 Å². The number of benzene rings is 1. The smallest absolute Gasteiger partial charge is 0.247 e. The van der Waals surface area contributed by atoms with Crippen LogP contribution >= 0.6 is 11.8 Å². The number of amides is 3. The Bertz CT molecular complexity index is 1190. The van der Waals surface area contributed by atoms with E-state index in [2.05, 4.69) is 20.1 Å². The number of aliphatic hydroxyl groups is 1. The molecule has 1 spiro atoms. The van der Waals surface area contributed by atoms with Crippen molar-refractivity contribution in [2.75, 3.05) is 31.2 Å². The highest BCUT2D eigenvalue weighted by Gasteiger charge is 2.77. The summed E-state index contributed by atoms with van der Waals surface area (Å²) in [6.07, 6.45) is 4.14. The number of rotatable bonds is 13. The van der Waals surface area contributed by atoms with Gasteiger partial charge in [-0.15, -0.1) is 24.9 Å². The van der Waals surface area contributed by atoms with E-state index in [0.717, 1.165) is 12.2 Å². The zero-order chi connectivity index (χ0) is 30.9. The van der Waals surface area contributed by atoms with Gasteiger partial charge in [-0.3, -0.25) is 14.4 Å². The van der Waals surface area contributed by atoms with Gasteiger partial charge in [-0.2, -0.15) is 0 Å². The molecule has 7 atom stereocenters. The van der Waals surface area contributed by atoms with E-state index >= 15 is 0 Å². The summed E-state index contributed by atoms with van der Waals surface area (Å²) in [5.41, 5.74) is 0.709. The molecule has 3 saturated heterocycles. The number of likely N-dealkylation sites (tertiary alicyclic amines) is 1. The molecule has 9 heteroatoms. The van der Waals surface area contributed by atoms with E-state index in [1.165, 1.54) is 0 Å². The van der Waals surface area contributed by atoms with Crippen LogP contribution in [0.4, 0.5) is 5.69 Å². The molecule has 3 unspecified atom stereocenters. The highest BCUT2D eigenvalue weighted by molar-refractivity contribution is 8.02. The first-order valence-electron chi connectivity index (χ1n) is 15.2. The Kier molecular flexibility index (Phi) is 9.82. The van der Waals surface area contributed by atoms with Crippen LogP contribution in [0.3, 0.4) is 0 Å². The average molecular weight is 598 g/mol. The second kappa shape index (κ2) is 12.8. The number of hydrogen-bond acceptors (Lipinski definition) is 6. The van der Waals surface area contributed by atoms with Crippen LogP contribution in [0.25, 0.3) is 0 Å². The highest BCUT2D eigenvalue weighted by atomic mass is 32.2. The van der Waals surface area contributed by atoms with E-state index in [1.807, 2.05) is 58.9 Å². The number of thioether (sulfide) groups is 1. The molecule has 0 radical (unpaired) electrons. The first-order valence-corrected chi connectivity index (χ1v) is 16.0. The number of hydrogen-bond donors (Lipinski definition) is 1. The molecule has 0 aromatic heterocycles. The summed E-state index contributed by atoms with van der Waals surface area (Å²) in [6.45, 7) is 20.6. The van der Waals surface area contributed by atoms with Crippen molar-refractivity contribution >= 4 is 35.2 Å². The van der Waals surface area contributed by atoms with Crippen LogP contribution in [-0.2, 0) is 14.4 Å². The number of anilines is 1. The Balaban J connectivity index is 1.81. The normalized spacial score (nSPS) is 28.6. The summed E-state index contributed by atoms with van der Waals surface area (Å²) in [7, 11) is 0. The maximum atomic E-state index is 14.6. The van der Waals surface area contributed by atoms with Gasteiger partial charge in [0, 0.05) is 30.1 Å². The van der Waals surface area contributed by atoms with Gasteiger partial charge in [-0.25, -0.2) is 0 Å². The average Bonchev–Trinajstić information content (AvgIpc) is 3.54. The zero-order valence-corrected chi connectivity index (χ0v) is 26.7. The maximum absolute atomic E-state index is 14.6. The van der Waals surface area contributed by atoms with Crippen molar-refractivity contribution in [2.24, 2.45) is 23.7 Å². The molecule has 0 saturated carbocycles. The Morgan fingerprint density at radius 3 is 2.31 bits per heavy atom. The molecule has 8 nitrogen and oxygen atoms in total. The lowest BCUT2D eigenvalue weighted by atomic mass is 9.65. The number of ether oxygens (including phenoxy) is 1. The van der Waals surface area contributed by atoms with Gasteiger partial charge in [0.05, 0.1) is 35.8 Å². The second-order valence-electron chi connectivity index (χ2n) is 12.3. The number of aliphatic hydroxyl groups excluding tert-OH is 1. The van der Waals surface area contributed by atoms with Crippen LogP contribution in [0.15, 0.2) is 49.6 Å². The van der Waals surface area contributed by atoms with Crippen LogP contribution in [0.5, 0.6) is 5.75 Å². The Morgan fingerprint density at radius 2 is 1.79 bits per heavy atom. The minimum absolute atomic E-state index is 0.0343. The minimum atomic E-state index is -0.780. The largest absolute Gasteiger partial charge is 0.494 e. The molecular formula is C33H47N3O5S. The fraction of sp³-hybridized carbons (Fsp3) is 0.606. The molecule has 2 bridgehead atoms. The molecule has 3 heterocycles. The molecular weight excluding hydrogens is 550 g/mol. The molecule has 4 rings (SSSR count). The number of nitrogens with zero attached hydrogens (tertiary/aromatic N) is 3. The topological polar surface area (TPSA) is 90.4 Å². The van der Waals surface area contributed by atoms with Gasteiger partial charge in [0.25, 0.3) is 0 Å². The molecule has 1 aromatic carbocycles. The van der Waals surface area contributed by atoms with E-state index < -0.39 is 28.7 Å². The third-order valence-electron chi connectivity index (χ3n) is 9.29. The third kappa shape index (κ3) is 5.17. The van der Waals surface area contributed by atoms with Gasteiger partial charge in [-0.1, -0.05) is 32.9 Å². The summed E-state index contributed by atoms with van der Waals surface area (Å²) in [6, 6.07) is 5.97. The van der Waals surface area contributed by atoms with Gasteiger partial charge < -0.3 is 24.5 Å². The molecule has 3 aliphatic rings. The summed E-state index contributed by atoms with van der Waals surface area (Å²) in [5.74, 6) is -1.06. The molecule has 230 valence electrons. The number of carbonyl (C=O) groups excluding carboxylic acids is 3. The summed E-state index contributed by atoms with van der Waals surface area (Å²) in [5, 5.41) is 10.4. The molecule has 1 N–H and O–H groups in total. The van der Waals surface area contributed by atoms with Crippen molar-refractivity contribution in [1.29, 1.82) is 0 Å². The van der Waals surface area contributed by atoms with E-state index in [9.17, 15) is 19.5 Å². The van der Waals surface area contributed by atoms with Gasteiger partial charge in [0.1, 0.15) is 11.8 Å². The summed E-state index contributed by atoms with van der Waals surface area (Å²) >= 11 is 1.65. The van der Waals surface area contributed by atoms with E-state index in [0.29, 0.717) is 25.4 Å². The maximum Gasteiger partial charge on any atom is 0.247 e. The van der Waals surface area contributed by atoms with Crippen LogP contribution in [-0.4, -0.2) is 87.1 Å². The van der Waals surface area contributed by atoms with Crippen LogP contribution in [0.1, 0.15) is 48.0 Å². The van der Waals surface area contributed by atoms with Crippen molar-refractivity contribution in [3.63, 3.8) is 0 Å². The lowest BCUT2D eigenvalue weighted by Crippen LogP contribution is -2.60. The summed E-state index contributed by atoms with van der Waals surface area (Å²) in [4.78, 5) is 48.8. The lowest BCUT2D eigenvalue weighted by molar-refractivity contribution is -0.147. The second-order valence-corrected chi connectivity index (χ2v) is 13.9. The fourth-order valence-corrected chi connectivity index (χ4v) is 9.77. The molecule has 3 aliphatic heterocycles. The zero-order valence-electron chi connectivity index (χ0n) is 25.9. The number of fused-ring (bicyclic) bond motifs is 1. The van der Waals surface area contributed by atoms with Gasteiger partial charge in [0.2, 0.25) is 17.7 Å². The monoisotopic (exact) mass is 597 g/mol. The van der Waals surface area contributed by atoms with Crippen LogP contribution in [0.2, 0.25) is 0 Å². The van der Waals surface area contributed by atoms with Crippen molar-refractivity contribution in [1.82, 2.24) is 9.80 Å². The predicted molar refractivity (Wildman–Crippen MR) is 168 cm³/mol. The van der Waals surface area contributed by atoms with Gasteiger partial charge >= 0.3 is 0 Å².